The molecule has 1 amide bonds. The molecule has 3 heterocycles. The van der Waals surface area contributed by atoms with Crippen LogP contribution in [-0.4, -0.2) is 71.1 Å². The van der Waals surface area contributed by atoms with Gasteiger partial charge in [-0.25, -0.2) is 4.68 Å². The van der Waals surface area contributed by atoms with Crippen LogP contribution >= 0.6 is 0 Å². The maximum Gasteiger partial charge on any atom is 0.276 e. The summed E-state index contributed by atoms with van der Waals surface area (Å²) in [7, 11) is 3.34. The number of rotatable bonds is 6. The zero-order valence-corrected chi connectivity index (χ0v) is 17.9. The lowest BCUT2D eigenvalue weighted by atomic mass is 10.0. The van der Waals surface area contributed by atoms with Crippen molar-refractivity contribution in [2.24, 2.45) is 0 Å². The average Bonchev–Trinajstić information content (AvgIpc) is 3.29. The van der Waals surface area contributed by atoms with E-state index in [2.05, 4.69) is 27.3 Å². The largest absolute Gasteiger partial charge is 0.497 e. The Morgan fingerprint density at radius 3 is 2.47 bits per heavy atom. The van der Waals surface area contributed by atoms with Crippen LogP contribution < -0.4 is 9.47 Å². The Labute approximate surface area is 177 Å². The van der Waals surface area contributed by atoms with Crippen molar-refractivity contribution in [3.05, 3.63) is 35.7 Å². The molecule has 0 aliphatic carbocycles. The highest BCUT2D eigenvalue weighted by Crippen LogP contribution is 2.26. The third-order valence-electron chi connectivity index (χ3n) is 6.04. The standard InChI is InChI=1S/C22H31N5O3/c1-29-19-11-17(12-20(13-19)30-2)14-25-8-6-7-18(15-25)27-16-21(23-24-27)22(28)26-9-4-3-5-10-26/h11-13,16,18H,3-10,14-15H2,1-2H3. The minimum absolute atomic E-state index is 0.0112. The van der Waals surface area contributed by atoms with E-state index in [9.17, 15) is 4.79 Å². The Balaban J connectivity index is 1.41. The van der Waals surface area contributed by atoms with Gasteiger partial charge >= 0.3 is 0 Å². The van der Waals surface area contributed by atoms with Crippen LogP contribution in [0.1, 0.15) is 54.2 Å². The van der Waals surface area contributed by atoms with Crippen LogP contribution in [0.5, 0.6) is 11.5 Å². The highest BCUT2D eigenvalue weighted by atomic mass is 16.5. The van der Waals surface area contributed by atoms with Crippen molar-refractivity contribution in [1.82, 2.24) is 24.8 Å². The van der Waals surface area contributed by atoms with Crippen LogP contribution in [0.2, 0.25) is 0 Å². The molecule has 2 aliphatic rings. The fraction of sp³-hybridized carbons (Fsp3) is 0.591. The lowest BCUT2D eigenvalue weighted by Gasteiger charge is -2.32. The number of methoxy groups -OCH3 is 2. The highest BCUT2D eigenvalue weighted by Gasteiger charge is 2.25. The minimum atomic E-state index is 0.0112. The predicted molar refractivity (Wildman–Crippen MR) is 113 cm³/mol. The van der Waals surface area contributed by atoms with E-state index in [4.69, 9.17) is 9.47 Å². The number of aromatic nitrogens is 3. The van der Waals surface area contributed by atoms with Crippen LogP contribution in [0.4, 0.5) is 0 Å². The maximum atomic E-state index is 12.7. The fourth-order valence-corrected chi connectivity index (χ4v) is 4.42. The van der Waals surface area contributed by atoms with Crippen LogP contribution in [-0.2, 0) is 6.54 Å². The van der Waals surface area contributed by atoms with E-state index in [1.807, 2.05) is 21.8 Å². The summed E-state index contributed by atoms with van der Waals surface area (Å²) in [5.74, 6) is 1.61. The van der Waals surface area contributed by atoms with Gasteiger partial charge in [0.25, 0.3) is 5.91 Å². The summed E-state index contributed by atoms with van der Waals surface area (Å²) in [5.41, 5.74) is 1.62. The maximum absolute atomic E-state index is 12.7. The van der Waals surface area contributed by atoms with Gasteiger partial charge in [0, 0.05) is 32.2 Å². The Morgan fingerprint density at radius 2 is 1.77 bits per heavy atom. The summed E-state index contributed by atoms with van der Waals surface area (Å²) in [6, 6.07) is 6.22. The van der Waals surface area contributed by atoms with E-state index >= 15 is 0 Å². The van der Waals surface area contributed by atoms with E-state index < -0.39 is 0 Å². The summed E-state index contributed by atoms with van der Waals surface area (Å²) in [4.78, 5) is 17.0. The molecule has 0 radical (unpaired) electrons. The topological polar surface area (TPSA) is 72.7 Å². The predicted octanol–water partition coefficient (Wildman–Crippen LogP) is 2.76. The number of hydrogen-bond acceptors (Lipinski definition) is 6. The summed E-state index contributed by atoms with van der Waals surface area (Å²) >= 11 is 0. The highest BCUT2D eigenvalue weighted by molar-refractivity contribution is 5.91. The molecule has 8 heteroatoms. The SMILES string of the molecule is COc1cc(CN2CCCC(n3cc(C(=O)N4CCCCC4)nn3)C2)cc(OC)c1. The number of carbonyl (C=O) groups excluding carboxylic acids is 1. The van der Waals surface area contributed by atoms with Gasteiger partial charge in [0.2, 0.25) is 0 Å². The molecule has 2 fully saturated rings. The number of piperidine rings is 2. The lowest BCUT2D eigenvalue weighted by Crippen LogP contribution is -2.36. The fourth-order valence-electron chi connectivity index (χ4n) is 4.42. The number of likely N-dealkylation sites (tertiary alicyclic amines) is 2. The van der Waals surface area contributed by atoms with Crippen molar-refractivity contribution in [1.29, 1.82) is 0 Å². The number of nitrogens with zero attached hydrogens (tertiary/aromatic N) is 5. The molecule has 0 spiro atoms. The van der Waals surface area contributed by atoms with Crippen molar-refractivity contribution >= 4 is 5.91 Å². The van der Waals surface area contributed by atoms with E-state index in [0.717, 1.165) is 75.5 Å². The van der Waals surface area contributed by atoms with E-state index in [-0.39, 0.29) is 11.9 Å². The normalized spacial score (nSPS) is 20.2. The summed E-state index contributed by atoms with van der Waals surface area (Å²) in [6.45, 7) is 4.38. The zero-order chi connectivity index (χ0) is 20.9. The molecular formula is C22H31N5O3. The number of benzene rings is 1. The van der Waals surface area contributed by atoms with Gasteiger partial charge in [0.05, 0.1) is 26.5 Å². The first-order chi connectivity index (χ1) is 14.7. The molecule has 1 unspecified atom stereocenters. The quantitative estimate of drug-likeness (QED) is 0.725. The number of carbonyl (C=O) groups is 1. The molecule has 2 saturated heterocycles. The van der Waals surface area contributed by atoms with Gasteiger partial charge in [0.15, 0.2) is 5.69 Å². The lowest BCUT2D eigenvalue weighted by molar-refractivity contribution is 0.0718. The number of hydrogen-bond donors (Lipinski definition) is 0. The van der Waals surface area contributed by atoms with Crippen LogP contribution in [0.25, 0.3) is 0 Å². The Morgan fingerprint density at radius 1 is 1.03 bits per heavy atom. The Bertz CT molecular complexity index is 840. The van der Waals surface area contributed by atoms with Gasteiger partial charge in [-0.2, -0.15) is 0 Å². The summed E-state index contributed by atoms with van der Waals surface area (Å²) in [6.07, 6.45) is 7.31. The van der Waals surface area contributed by atoms with Gasteiger partial charge in [-0.1, -0.05) is 5.21 Å². The molecule has 4 rings (SSSR count). The molecule has 1 atom stereocenters. The molecule has 8 nitrogen and oxygen atoms in total. The van der Waals surface area contributed by atoms with Gasteiger partial charge in [-0.15, -0.1) is 5.10 Å². The van der Waals surface area contributed by atoms with Gasteiger partial charge in [0.1, 0.15) is 11.5 Å². The summed E-state index contributed by atoms with van der Waals surface area (Å²) < 4.78 is 12.7. The summed E-state index contributed by atoms with van der Waals surface area (Å²) in [5, 5.41) is 8.50. The first-order valence-corrected chi connectivity index (χ1v) is 10.8. The third kappa shape index (κ3) is 4.75. The number of amides is 1. The monoisotopic (exact) mass is 413 g/mol. The zero-order valence-electron chi connectivity index (χ0n) is 17.9. The minimum Gasteiger partial charge on any atom is -0.497 e. The van der Waals surface area contributed by atoms with Crippen molar-refractivity contribution in [2.75, 3.05) is 40.4 Å². The van der Waals surface area contributed by atoms with Crippen molar-refractivity contribution in [2.45, 2.75) is 44.7 Å². The second-order valence-corrected chi connectivity index (χ2v) is 8.19. The van der Waals surface area contributed by atoms with Gasteiger partial charge < -0.3 is 14.4 Å². The molecule has 30 heavy (non-hydrogen) atoms. The van der Waals surface area contributed by atoms with Crippen molar-refractivity contribution in [3.63, 3.8) is 0 Å². The molecule has 0 saturated carbocycles. The van der Waals surface area contributed by atoms with Crippen molar-refractivity contribution < 1.29 is 14.3 Å². The van der Waals surface area contributed by atoms with Crippen molar-refractivity contribution in [3.8, 4) is 11.5 Å². The van der Waals surface area contributed by atoms with E-state index in [0.29, 0.717) is 5.69 Å². The first-order valence-electron chi connectivity index (χ1n) is 10.8. The molecule has 1 aromatic carbocycles. The second kappa shape index (κ2) is 9.47. The van der Waals surface area contributed by atoms with Gasteiger partial charge in [-0.05, 0) is 56.3 Å². The molecular weight excluding hydrogens is 382 g/mol. The van der Waals surface area contributed by atoms with E-state index in [1.54, 1.807) is 14.2 Å². The third-order valence-corrected chi connectivity index (χ3v) is 6.04. The van der Waals surface area contributed by atoms with Crippen LogP contribution in [0.3, 0.4) is 0 Å². The second-order valence-electron chi connectivity index (χ2n) is 8.19. The molecule has 1 aromatic heterocycles. The Hall–Kier alpha value is -2.61. The van der Waals surface area contributed by atoms with Crippen LogP contribution in [0, 0.1) is 0 Å². The smallest absolute Gasteiger partial charge is 0.276 e. The number of ether oxygens (including phenoxy) is 2. The Kier molecular flexibility index (Phi) is 6.52. The molecule has 2 aromatic rings. The molecule has 162 valence electrons. The average molecular weight is 414 g/mol. The van der Waals surface area contributed by atoms with E-state index in [1.165, 1.54) is 6.42 Å². The van der Waals surface area contributed by atoms with Gasteiger partial charge in [-0.3, -0.25) is 9.69 Å². The molecule has 0 bridgehead atoms. The molecule has 0 N–H and O–H groups in total. The first kappa shape index (κ1) is 20.7. The van der Waals surface area contributed by atoms with Crippen LogP contribution in [0.15, 0.2) is 24.4 Å². The molecule has 2 aliphatic heterocycles.